The van der Waals surface area contributed by atoms with E-state index in [0.717, 1.165) is 18.8 Å². The number of nitrogens with zero attached hydrogens (tertiary/aromatic N) is 3. The largest absolute Gasteiger partial charge is 0.378 e. The molecular formula is C16H18N4O4. The van der Waals surface area contributed by atoms with E-state index in [1.807, 2.05) is 24.3 Å². The Labute approximate surface area is 138 Å². The van der Waals surface area contributed by atoms with Gasteiger partial charge >= 0.3 is 0 Å². The number of rotatable bonds is 4. The van der Waals surface area contributed by atoms with E-state index in [1.54, 1.807) is 7.05 Å². The number of nitrogens with one attached hydrogen (secondary N) is 1. The number of hydrogen-bond acceptors (Lipinski definition) is 5. The molecule has 0 spiro atoms. The molecule has 1 fully saturated rings. The summed E-state index contributed by atoms with van der Waals surface area (Å²) >= 11 is 0. The number of aromatic nitrogens is 1. The highest BCUT2D eigenvalue weighted by molar-refractivity contribution is 6.05. The number of carbonyl (C=O) groups excluding carboxylic acids is 1. The molecule has 24 heavy (non-hydrogen) atoms. The van der Waals surface area contributed by atoms with Gasteiger partial charge in [-0.05, 0) is 12.1 Å². The van der Waals surface area contributed by atoms with E-state index in [9.17, 15) is 14.9 Å². The second-order valence-corrected chi connectivity index (χ2v) is 5.52. The first kappa shape index (κ1) is 16.0. The molecule has 0 bridgehead atoms. The zero-order chi connectivity index (χ0) is 17.1. The van der Waals surface area contributed by atoms with E-state index in [-0.39, 0.29) is 17.3 Å². The van der Waals surface area contributed by atoms with Crippen molar-refractivity contribution >= 4 is 23.0 Å². The normalized spacial score (nSPS) is 14.5. The first-order valence-electron chi connectivity index (χ1n) is 7.60. The Hall–Kier alpha value is -2.87. The van der Waals surface area contributed by atoms with Gasteiger partial charge in [-0.15, -0.1) is 0 Å². The predicted octanol–water partition coefficient (Wildman–Crippen LogP) is 2.02. The van der Waals surface area contributed by atoms with Crippen molar-refractivity contribution in [2.75, 3.05) is 36.5 Å². The first-order chi connectivity index (χ1) is 11.6. The number of anilines is 2. The van der Waals surface area contributed by atoms with Crippen LogP contribution in [-0.4, -0.2) is 41.7 Å². The number of nitro groups is 1. The maximum absolute atomic E-state index is 12.5. The lowest BCUT2D eigenvalue weighted by Crippen LogP contribution is -2.36. The summed E-state index contributed by atoms with van der Waals surface area (Å²) in [5.74, 6) is -0.383. The van der Waals surface area contributed by atoms with Crippen LogP contribution in [0.5, 0.6) is 0 Å². The van der Waals surface area contributed by atoms with Crippen LogP contribution < -0.4 is 10.2 Å². The SMILES string of the molecule is Cn1cc([N+](=O)[O-])cc1C(=O)Nc1ccccc1N1CCOCC1. The first-order valence-corrected chi connectivity index (χ1v) is 7.60. The zero-order valence-corrected chi connectivity index (χ0v) is 13.3. The van der Waals surface area contributed by atoms with Crippen LogP contribution >= 0.6 is 0 Å². The average Bonchev–Trinajstić information content (AvgIpc) is 2.98. The molecule has 3 rings (SSSR count). The molecule has 0 saturated carbocycles. The van der Waals surface area contributed by atoms with Gasteiger partial charge in [0.1, 0.15) is 5.69 Å². The van der Waals surface area contributed by atoms with Gasteiger partial charge in [-0.1, -0.05) is 12.1 Å². The molecule has 0 atom stereocenters. The van der Waals surface area contributed by atoms with Crippen molar-refractivity contribution in [2.45, 2.75) is 0 Å². The van der Waals surface area contributed by atoms with Gasteiger partial charge in [-0.25, -0.2) is 0 Å². The Morgan fingerprint density at radius 3 is 2.67 bits per heavy atom. The number of morpholine rings is 1. The molecule has 2 heterocycles. The lowest BCUT2D eigenvalue weighted by Gasteiger charge is -2.30. The Balaban J connectivity index is 1.83. The van der Waals surface area contributed by atoms with Crippen LogP contribution in [0.4, 0.5) is 17.1 Å². The van der Waals surface area contributed by atoms with E-state index in [1.165, 1.54) is 16.8 Å². The highest BCUT2D eigenvalue weighted by Gasteiger charge is 2.20. The number of benzene rings is 1. The summed E-state index contributed by atoms with van der Waals surface area (Å²) in [7, 11) is 1.61. The molecule has 1 saturated heterocycles. The van der Waals surface area contributed by atoms with Crippen molar-refractivity contribution in [1.29, 1.82) is 0 Å². The fourth-order valence-corrected chi connectivity index (χ4v) is 2.72. The molecule has 1 aliphatic rings. The van der Waals surface area contributed by atoms with Gasteiger partial charge in [0, 0.05) is 26.2 Å². The standard InChI is InChI=1S/C16H18N4O4/c1-18-11-12(20(22)23)10-15(18)16(21)17-13-4-2-3-5-14(13)19-6-8-24-9-7-19/h2-5,10-11H,6-9H2,1H3,(H,17,21). The van der Waals surface area contributed by atoms with Crippen LogP contribution in [0.2, 0.25) is 0 Å². The molecule has 1 N–H and O–H groups in total. The number of ether oxygens (including phenoxy) is 1. The third-order valence-electron chi connectivity index (χ3n) is 3.94. The topological polar surface area (TPSA) is 89.6 Å². The fourth-order valence-electron chi connectivity index (χ4n) is 2.72. The van der Waals surface area contributed by atoms with Crippen molar-refractivity contribution in [2.24, 2.45) is 7.05 Å². The average molecular weight is 330 g/mol. The number of hydrogen-bond donors (Lipinski definition) is 1. The number of amides is 1. The van der Waals surface area contributed by atoms with Gasteiger partial charge in [-0.2, -0.15) is 0 Å². The predicted molar refractivity (Wildman–Crippen MR) is 89.5 cm³/mol. The van der Waals surface area contributed by atoms with Crippen LogP contribution in [0.25, 0.3) is 0 Å². The van der Waals surface area contributed by atoms with Gasteiger partial charge in [0.05, 0.1) is 35.7 Å². The van der Waals surface area contributed by atoms with Crippen LogP contribution in [0.1, 0.15) is 10.5 Å². The molecule has 1 aromatic carbocycles. The number of aryl methyl sites for hydroxylation is 1. The second-order valence-electron chi connectivity index (χ2n) is 5.52. The van der Waals surface area contributed by atoms with E-state index < -0.39 is 4.92 Å². The summed E-state index contributed by atoms with van der Waals surface area (Å²) in [6, 6.07) is 8.78. The van der Waals surface area contributed by atoms with E-state index >= 15 is 0 Å². The summed E-state index contributed by atoms with van der Waals surface area (Å²) in [5, 5.41) is 13.7. The molecule has 1 amide bonds. The highest BCUT2D eigenvalue weighted by atomic mass is 16.6. The smallest absolute Gasteiger partial charge is 0.287 e. The van der Waals surface area contributed by atoms with Gasteiger partial charge in [-0.3, -0.25) is 14.9 Å². The van der Waals surface area contributed by atoms with E-state index in [0.29, 0.717) is 18.9 Å². The monoisotopic (exact) mass is 330 g/mol. The van der Waals surface area contributed by atoms with Crippen LogP contribution in [0.15, 0.2) is 36.5 Å². The quantitative estimate of drug-likeness (QED) is 0.684. The van der Waals surface area contributed by atoms with Crippen molar-refractivity contribution in [1.82, 2.24) is 4.57 Å². The lowest BCUT2D eigenvalue weighted by atomic mass is 10.2. The summed E-state index contributed by atoms with van der Waals surface area (Å²) in [5.41, 5.74) is 1.72. The number of para-hydroxylation sites is 2. The van der Waals surface area contributed by atoms with Crippen LogP contribution in [0, 0.1) is 10.1 Å². The maximum atomic E-state index is 12.5. The van der Waals surface area contributed by atoms with Crippen molar-refractivity contribution in [3.05, 3.63) is 52.3 Å². The Bertz CT molecular complexity index is 765. The Morgan fingerprint density at radius 2 is 2.00 bits per heavy atom. The molecule has 0 radical (unpaired) electrons. The fraction of sp³-hybridized carbons (Fsp3) is 0.312. The van der Waals surface area contributed by atoms with E-state index in [2.05, 4.69) is 10.2 Å². The van der Waals surface area contributed by atoms with Gasteiger partial charge in [0.25, 0.3) is 11.6 Å². The molecule has 0 aliphatic carbocycles. The van der Waals surface area contributed by atoms with Crippen molar-refractivity contribution in [3.63, 3.8) is 0 Å². The molecule has 1 aliphatic heterocycles. The van der Waals surface area contributed by atoms with Crippen LogP contribution in [-0.2, 0) is 11.8 Å². The Morgan fingerprint density at radius 1 is 1.29 bits per heavy atom. The van der Waals surface area contributed by atoms with Crippen molar-refractivity contribution < 1.29 is 14.5 Å². The lowest BCUT2D eigenvalue weighted by molar-refractivity contribution is -0.384. The maximum Gasteiger partial charge on any atom is 0.287 e. The molecule has 2 aromatic rings. The third kappa shape index (κ3) is 3.23. The molecule has 1 aromatic heterocycles. The zero-order valence-electron chi connectivity index (χ0n) is 13.3. The highest BCUT2D eigenvalue weighted by Crippen LogP contribution is 2.27. The van der Waals surface area contributed by atoms with Gasteiger partial charge < -0.3 is 19.5 Å². The van der Waals surface area contributed by atoms with Gasteiger partial charge in [0.2, 0.25) is 0 Å². The second kappa shape index (κ2) is 6.71. The minimum absolute atomic E-state index is 0.107. The minimum Gasteiger partial charge on any atom is -0.378 e. The third-order valence-corrected chi connectivity index (χ3v) is 3.94. The van der Waals surface area contributed by atoms with Crippen molar-refractivity contribution in [3.8, 4) is 0 Å². The summed E-state index contributed by atoms with van der Waals surface area (Å²) < 4.78 is 6.81. The minimum atomic E-state index is -0.515. The summed E-state index contributed by atoms with van der Waals surface area (Å²) in [6.45, 7) is 2.80. The summed E-state index contributed by atoms with van der Waals surface area (Å²) in [4.78, 5) is 25.0. The molecule has 8 heteroatoms. The number of carbonyl (C=O) groups is 1. The van der Waals surface area contributed by atoms with Gasteiger partial charge in [0.15, 0.2) is 0 Å². The molecule has 126 valence electrons. The van der Waals surface area contributed by atoms with E-state index in [4.69, 9.17) is 4.74 Å². The molecule has 8 nitrogen and oxygen atoms in total. The molecular weight excluding hydrogens is 312 g/mol. The summed E-state index contributed by atoms with van der Waals surface area (Å²) in [6.07, 6.45) is 1.32. The Kier molecular flexibility index (Phi) is 4.48. The molecule has 0 unspecified atom stereocenters. The van der Waals surface area contributed by atoms with Crippen LogP contribution in [0.3, 0.4) is 0 Å².